The van der Waals surface area contributed by atoms with Crippen molar-refractivity contribution in [3.63, 3.8) is 0 Å². The lowest BCUT2D eigenvalue weighted by Crippen LogP contribution is -2.02. The Bertz CT molecular complexity index is 1030. The molecule has 0 aliphatic carbocycles. The molecule has 0 bridgehead atoms. The molecule has 3 aromatic rings. The molecule has 10 nitrogen and oxygen atoms in total. The van der Waals surface area contributed by atoms with E-state index < -0.39 is 9.85 Å². The first-order chi connectivity index (χ1) is 11.8. The third kappa shape index (κ3) is 3.01. The molecule has 0 fully saturated rings. The Morgan fingerprint density at radius 1 is 1.08 bits per heavy atom. The van der Waals surface area contributed by atoms with Crippen LogP contribution in [0.4, 0.5) is 11.4 Å². The lowest BCUT2D eigenvalue weighted by Gasteiger charge is -2.04. The maximum Gasteiger partial charge on any atom is 0.290 e. The first-order valence-electron chi connectivity index (χ1n) is 7.09. The second-order valence-electron chi connectivity index (χ2n) is 5.28. The Morgan fingerprint density at radius 3 is 2.44 bits per heavy atom. The topological polar surface area (TPSA) is 129 Å². The monoisotopic (exact) mass is 360 g/mol. The van der Waals surface area contributed by atoms with Crippen molar-refractivity contribution >= 4 is 28.9 Å². The fourth-order valence-corrected chi connectivity index (χ4v) is 3.05. The van der Waals surface area contributed by atoms with Crippen LogP contribution in [0.15, 0.2) is 28.3 Å². The second-order valence-corrected chi connectivity index (χ2v) is 6.29. The summed E-state index contributed by atoms with van der Waals surface area (Å²) in [5, 5.41) is 26.6. The summed E-state index contributed by atoms with van der Waals surface area (Å²) in [6.45, 7) is 5.67. The average Bonchev–Trinajstić information content (AvgIpc) is 2.95. The van der Waals surface area contributed by atoms with Crippen molar-refractivity contribution < 1.29 is 9.85 Å². The smallest absolute Gasteiger partial charge is 0.258 e. The number of benzene rings is 1. The largest absolute Gasteiger partial charge is 0.290 e. The number of hydrogen-bond acceptors (Lipinski definition) is 8. The van der Waals surface area contributed by atoms with Crippen LogP contribution >= 0.6 is 11.8 Å². The molecule has 25 heavy (non-hydrogen) atoms. The van der Waals surface area contributed by atoms with Crippen LogP contribution in [-0.4, -0.2) is 29.4 Å². The first kappa shape index (κ1) is 16.8. The highest BCUT2D eigenvalue weighted by Gasteiger charge is 2.22. The maximum atomic E-state index is 11.2. The SMILES string of the molecule is Cc1nc2nc(Sc3ccc([N+](=O)[O-])cc3[N+](=O)[O-])nn2c(C)c1C. The molecule has 0 radical (unpaired) electrons. The predicted molar refractivity (Wildman–Crippen MR) is 88.9 cm³/mol. The molecule has 128 valence electrons. The molecular formula is C14H12N6O4S. The third-order valence-electron chi connectivity index (χ3n) is 3.79. The van der Waals surface area contributed by atoms with E-state index in [-0.39, 0.29) is 21.4 Å². The minimum Gasteiger partial charge on any atom is -0.258 e. The van der Waals surface area contributed by atoms with E-state index in [1.54, 1.807) is 4.52 Å². The Labute approximate surface area is 145 Å². The van der Waals surface area contributed by atoms with Crippen LogP contribution in [0, 0.1) is 41.0 Å². The lowest BCUT2D eigenvalue weighted by atomic mass is 10.2. The predicted octanol–water partition coefficient (Wildman–Crippen LogP) is 3.02. The number of nitro benzene ring substituents is 2. The van der Waals surface area contributed by atoms with Gasteiger partial charge in [0.2, 0.25) is 5.16 Å². The van der Waals surface area contributed by atoms with E-state index in [0.29, 0.717) is 5.78 Å². The zero-order valence-corrected chi connectivity index (χ0v) is 14.3. The van der Waals surface area contributed by atoms with Crippen molar-refractivity contribution in [1.82, 2.24) is 19.6 Å². The number of nitro groups is 2. The fourth-order valence-electron chi connectivity index (χ4n) is 2.23. The molecule has 0 aliphatic rings. The molecule has 3 rings (SSSR count). The lowest BCUT2D eigenvalue weighted by molar-refractivity contribution is -0.396. The molecule has 0 atom stereocenters. The summed E-state index contributed by atoms with van der Waals surface area (Å²) in [6.07, 6.45) is 0. The molecule has 0 saturated heterocycles. The number of fused-ring (bicyclic) bond motifs is 1. The van der Waals surface area contributed by atoms with Crippen molar-refractivity contribution in [1.29, 1.82) is 0 Å². The Hall–Kier alpha value is -3.08. The molecule has 0 spiro atoms. The summed E-state index contributed by atoms with van der Waals surface area (Å²) in [7, 11) is 0. The van der Waals surface area contributed by atoms with Gasteiger partial charge in [-0.3, -0.25) is 20.2 Å². The van der Waals surface area contributed by atoms with Crippen LogP contribution in [0.2, 0.25) is 0 Å². The van der Waals surface area contributed by atoms with Gasteiger partial charge in [0.25, 0.3) is 17.2 Å². The van der Waals surface area contributed by atoms with Gasteiger partial charge in [0, 0.05) is 17.5 Å². The highest BCUT2D eigenvalue weighted by atomic mass is 32.2. The van der Waals surface area contributed by atoms with Crippen LogP contribution in [0.1, 0.15) is 17.0 Å². The van der Waals surface area contributed by atoms with Gasteiger partial charge in [-0.1, -0.05) is 0 Å². The second kappa shape index (κ2) is 6.09. The molecule has 11 heteroatoms. The molecule has 1 aromatic carbocycles. The van der Waals surface area contributed by atoms with E-state index in [1.165, 1.54) is 12.1 Å². The van der Waals surface area contributed by atoms with Gasteiger partial charge in [-0.25, -0.2) is 9.50 Å². The zero-order valence-electron chi connectivity index (χ0n) is 13.5. The number of nitrogens with zero attached hydrogens (tertiary/aromatic N) is 6. The van der Waals surface area contributed by atoms with Gasteiger partial charge in [-0.15, -0.1) is 5.10 Å². The number of aryl methyl sites for hydroxylation is 2. The summed E-state index contributed by atoms with van der Waals surface area (Å²) >= 11 is 0.962. The molecular weight excluding hydrogens is 348 g/mol. The normalized spacial score (nSPS) is 11.0. The van der Waals surface area contributed by atoms with Gasteiger partial charge in [-0.05, 0) is 44.2 Å². The van der Waals surface area contributed by atoms with Gasteiger partial charge < -0.3 is 0 Å². The first-order valence-corrected chi connectivity index (χ1v) is 7.91. The van der Waals surface area contributed by atoms with Gasteiger partial charge >= 0.3 is 0 Å². The average molecular weight is 360 g/mol. The van der Waals surface area contributed by atoms with Crippen LogP contribution in [0.3, 0.4) is 0 Å². The van der Waals surface area contributed by atoms with Crippen molar-refractivity contribution in [3.8, 4) is 0 Å². The van der Waals surface area contributed by atoms with Crippen LogP contribution in [0.5, 0.6) is 0 Å². The van der Waals surface area contributed by atoms with Crippen molar-refractivity contribution in [3.05, 3.63) is 55.4 Å². The van der Waals surface area contributed by atoms with E-state index >= 15 is 0 Å². The fraction of sp³-hybridized carbons (Fsp3) is 0.214. The van der Waals surface area contributed by atoms with E-state index in [0.717, 1.165) is 34.8 Å². The van der Waals surface area contributed by atoms with Gasteiger partial charge in [-0.2, -0.15) is 4.98 Å². The molecule has 2 aromatic heterocycles. The molecule has 0 saturated carbocycles. The van der Waals surface area contributed by atoms with E-state index in [9.17, 15) is 20.2 Å². The molecule has 0 amide bonds. The molecule has 0 unspecified atom stereocenters. The molecule has 2 heterocycles. The third-order valence-corrected chi connectivity index (χ3v) is 4.71. The van der Waals surface area contributed by atoms with Gasteiger partial charge in [0.1, 0.15) is 0 Å². The minimum atomic E-state index is -0.677. The minimum absolute atomic E-state index is 0.220. The van der Waals surface area contributed by atoms with Crippen LogP contribution in [0.25, 0.3) is 5.78 Å². The quantitative estimate of drug-likeness (QED) is 0.512. The van der Waals surface area contributed by atoms with Crippen LogP contribution < -0.4 is 0 Å². The molecule has 0 aliphatic heterocycles. The number of non-ortho nitro benzene ring substituents is 1. The van der Waals surface area contributed by atoms with Crippen molar-refractivity contribution in [2.24, 2.45) is 0 Å². The Morgan fingerprint density at radius 2 is 1.80 bits per heavy atom. The zero-order chi connectivity index (χ0) is 18.3. The Balaban J connectivity index is 2.05. The highest BCUT2D eigenvalue weighted by Crippen LogP contribution is 2.35. The molecule has 0 N–H and O–H groups in total. The summed E-state index contributed by atoms with van der Waals surface area (Å²) in [4.78, 5) is 29.5. The number of rotatable bonds is 4. The summed E-state index contributed by atoms with van der Waals surface area (Å²) < 4.78 is 1.57. The summed E-state index contributed by atoms with van der Waals surface area (Å²) in [5.41, 5.74) is 1.98. The Kier molecular flexibility index (Phi) is 4.08. The van der Waals surface area contributed by atoms with Crippen molar-refractivity contribution in [2.75, 3.05) is 0 Å². The van der Waals surface area contributed by atoms with E-state index in [2.05, 4.69) is 15.1 Å². The standard InChI is InChI=1S/C14H12N6O4S/c1-7-8(2)15-13-16-14(17-18(13)9(7)3)25-12-5-4-10(19(21)22)6-11(12)20(23)24/h4-6H,1-3H3. The maximum absolute atomic E-state index is 11.2. The van der Waals surface area contributed by atoms with Gasteiger partial charge in [0.05, 0.1) is 20.8 Å². The summed E-state index contributed by atoms with van der Waals surface area (Å²) in [6, 6.07) is 3.46. The highest BCUT2D eigenvalue weighted by molar-refractivity contribution is 7.99. The number of aromatic nitrogens is 4. The number of hydrogen-bond donors (Lipinski definition) is 0. The van der Waals surface area contributed by atoms with E-state index in [4.69, 9.17) is 0 Å². The van der Waals surface area contributed by atoms with Crippen LogP contribution in [-0.2, 0) is 0 Å². The van der Waals surface area contributed by atoms with E-state index in [1.807, 2.05) is 20.8 Å². The van der Waals surface area contributed by atoms with Gasteiger partial charge in [0.15, 0.2) is 0 Å². The van der Waals surface area contributed by atoms with Crippen molar-refractivity contribution in [2.45, 2.75) is 30.8 Å². The summed E-state index contributed by atoms with van der Waals surface area (Å²) in [5.74, 6) is 0.396.